The van der Waals surface area contributed by atoms with E-state index in [1.165, 1.54) is 0 Å². The highest BCUT2D eigenvalue weighted by molar-refractivity contribution is 5.91. The van der Waals surface area contributed by atoms with E-state index in [0.717, 1.165) is 37.0 Å². The number of likely N-dealkylation sites (N-methyl/N-ethyl adjacent to an activating group) is 1. The van der Waals surface area contributed by atoms with E-state index < -0.39 is 0 Å². The van der Waals surface area contributed by atoms with Crippen LogP contribution >= 0.6 is 0 Å². The molecular weight excluding hydrogens is 302 g/mol. The second-order valence-corrected chi connectivity index (χ2v) is 6.88. The van der Waals surface area contributed by atoms with Crippen LogP contribution in [0.25, 0.3) is 6.08 Å². The van der Waals surface area contributed by atoms with Crippen molar-refractivity contribution in [3.05, 3.63) is 35.9 Å². The molecule has 1 amide bonds. The molecule has 0 aliphatic heterocycles. The summed E-state index contributed by atoms with van der Waals surface area (Å²) in [5, 5.41) is 9.21. The Labute approximate surface area is 145 Å². The first kappa shape index (κ1) is 18.5. The molecule has 1 aromatic carbocycles. The van der Waals surface area contributed by atoms with Crippen molar-refractivity contribution in [1.82, 2.24) is 4.90 Å². The Kier molecular flexibility index (Phi) is 6.85. The van der Waals surface area contributed by atoms with Gasteiger partial charge in [0.15, 0.2) is 0 Å². The van der Waals surface area contributed by atoms with Crippen molar-refractivity contribution in [1.29, 1.82) is 0 Å². The highest BCUT2D eigenvalue weighted by atomic mass is 16.5. The van der Waals surface area contributed by atoms with Gasteiger partial charge in [0.2, 0.25) is 5.91 Å². The number of nitrogens with zero attached hydrogens (tertiary/aromatic N) is 1. The van der Waals surface area contributed by atoms with Gasteiger partial charge in [-0.25, -0.2) is 0 Å². The molecule has 1 N–H and O–H groups in total. The van der Waals surface area contributed by atoms with Gasteiger partial charge in [-0.15, -0.1) is 0 Å². The third kappa shape index (κ3) is 5.38. The average molecular weight is 331 g/mol. The van der Waals surface area contributed by atoms with E-state index in [9.17, 15) is 9.90 Å². The highest BCUT2D eigenvalue weighted by Gasteiger charge is 2.25. The summed E-state index contributed by atoms with van der Waals surface area (Å²) in [4.78, 5) is 14.2. The number of amides is 1. The van der Waals surface area contributed by atoms with Crippen LogP contribution in [-0.4, -0.2) is 41.7 Å². The van der Waals surface area contributed by atoms with Crippen molar-refractivity contribution in [3.63, 3.8) is 0 Å². The molecule has 132 valence electrons. The van der Waals surface area contributed by atoms with E-state index >= 15 is 0 Å². The fourth-order valence-corrected chi connectivity index (χ4v) is 3.14. The monoisotopic (exact) mass is 331 g/mol. The zero-order valence-electron chi connectivity index (χ0n) is 14.9. The van der Waals surface area contributed by atoms with E-state index in [2.05, 4.69) is 0 Å². The maximum atomic E-state index is 12.4. The minimum Gasteiger partial charge on any atom is -0.491 e. The first-order chi connectivity index (χ1) is 11.5. The lowest BCUT2D eigenvalue weighted by Gasteiger charge is -2.33. The van der Waals surface area contributed by atoms with E-state index in [4.69, 9.17) is 4.74 Å². The number of carbonyl (C=O) groups excluding carboxylic acids is 1. The van der Waals surface area contributed by atoms with E-state index in [1.54, 1.807) is 6.08 Å². The molecule has 4 nitrogen and oxygen atoms in total. The lowest BCUT2D eigenvalue weighted by atomic mass is 9.86. The molecule has 0 aromatic heterocycles. The van der Waals surface area contributed by atoms with Gasteiger partial charge in [0.1, 0.15) is 5.75 Å². The molecule has 0 spiro atoms. The standard InChI is InChI=1S/C20H29NO3/c1-15(2)24-19-6-4-5-16(13-19)9-12-20(23)21(3)18-10-7-17(14-22)8-11-18/h4-6,9,12-13,15,17-18,22H,7-8,10-11,14H2,1-3H3/b12-9+. The van der Waals surface area contributed by atoms with Crippen molar-refractivity contribution in [3.8, 4) is 5.75 Å². The van der Waals surface area contributed by atoms with E-state index in [0.29, 0.717) is 5.92 Å². The normalized spacial score (nSPS) is 21.2. The summed E-state index contributed by atoms with van der Waals surface area (Å²) in [6.07, 6.45) is 7.54. The molecule has 1 aliphatic rings. The quantitative estimate of drug-likeness (QED) is 0.812. The van der Waals surface area contributed by atoms with Crippen LogP contribution in [0.1, 0.15) is 45.1 Å². The third-order valence-electron chi connectivity index (χ3n) is 4.62. The summed E-state index contributed by atoms with van der Waals surface area (Å²) in [5.41, 5.74) is 0.957. The van der Waals surface area contributed by atoms with Gasteiger partial charge in [-0.2, -0.15) is 0 Å². The summed E-state index contributed by atoms with van der Waals surface area (Å²) in [6, 6.07) is 8.03. The van der Waals surface area contributed by atoms with E-state index in [-0.39, 0.29) is 24.7 Å². The van der Waals surface area contributed by atoms with Gasteiger partial charge in [-0.05, 0) is 69.2 Å². The second kappa shape index (κ2) is 8.88. The zero-order chi connectivity index (χ0) is 17.5. The van der Waals surface area contributed by atoms with Crippen molar-refractivity contribution in [2.45, 2.75) is 51.7 Å². The van der Waals surface area contributed by atoms with Gasteiger partial charge in [0, 0.05) is 25.8 Å². The molecule has 4 heteroatoms. The first-order valence-corrected chi connectivity index (χ1v) is 8.82. The molecule has 0 radical (unpaired) electrons. The lowest BCUT2D eigenvalue weighted by molar-refractivity contribution is -0.127. The van der Waals surface area contributed by atoms with Crippen molar-refractivity contribution in [2.24, 2.45) is 5.92 Å². The number of aliphatic hydroxyl groups excluding tert-OH is 1. The van der Waals surface area contributed by atoms with Crippen molar-refractivity contribution < 1.29 is 14.6 Å². The molecule has 1 aromatic rings. The minimum atomic E-state index is 0.0256. The Morgan fingerprint density at radius 2 is 2.04 bits per heavy atom. The molecule has 2 rings (SSSR count). The van der Waals surface area contributed by atoms with Gasteiger partial charge in [0.05, 0.1) is 6.10 Å². The summed E-state index contributed by atoms with van der Waals surface area (Å²) >= 11 is 0. The number of carbonyl (C=O) groups is 1. The highest BCUT2D eigenvalue weighted by Crippen LogP contribution is 2.26. The Hall–Kier alpha value is -1.81. The summed E-state index contributed by atoms with van der Waals surface area (Å²) in [7, 11) is 1.87. The van der Waals surface area contributed by atoms with Crippen LogP contribution in [0, 0.1) is 5.92 Å². The molecule has 0 unspecified atom stereocenters. The summed E-state index contributed by atoms with van der Waals surface area (Å²) < 4.78 is 5.68. The molecule has 0 atom stereocenters. The molecule has 0 heterocycles. The van der Waals surface area contributed by atoms with Crippen LogP contribution in [0.15, 0.2) is 30.3 Å². The van der Waals surface area contributed by atoms with Crippen LogP contribution in [0.2, 0.25) is 0 Å². The van der Waals surface area contributed by atoms with Crippen LogP contribution in [0.4, 0.5) is 0 Å². The van der Waals surface area contributed by atoms with Crippen LogP contribution < -0.4 is 4.74 Å². The number of ether oxygens (including phenoxy) is 1. The molecular formula is C20H29NO3. The number of aliphatic hydroxyl groups is 1. The van der Waals surface area contributed by atoms with Gasteiger partial charge in [-0.3, -0.25) is 4.79 Å². The Morgan fingerprint density at radius 1 is 1.33 bits per heavy atom. The van der Waals surface area contributed by atoms with Crippen LogP contribution in [0.5, 0.6) is 5.75 Å². The Bertz CT molecular complexity index is 560. The summed E-state index contributed by atoms with van der Waals surface area (Å²) in [5.74, 6) is 1.25. The van der Waals surface area contributed by atoms with Crippen molar-refractivity contribution in [2.75, 3.05) is 13.7 Å². The topological polar surface area (TPSA) is 49.8 Å². The molecule has 0 bridgehead atoms. The predicted octanol–water partition coefficient (Wildman–Crippen LogP) is 3.50. The fraction of sp³-hybridized carbons (Fsp3) is 0.550. The minimum absolute atomic E-state index is 0.0256. The molecule has 1 fully saturated rings. The maximum absolute atomic E-state index is 12.4. The number of hydrogen-bond donors (Lipinski definition) is 1. The number of hydrogen-bond acceptors (Lipinski definition) is 3. The van der Waals surface area contributed by atoms with Gasteiger partial charge >= 0.3 is 0 Å². The molecule has 1 aliphatic carbocycles. The predicted molar refractivity (Wildman–Crippen MR) is 96.8 cm³/mol. The third-order valence-corrected chi connectivity index (χ3v) is 4.62. The second-order valence-electron chi connectivity index (χ2n) is 6.88. The Morgan fingerprint density at radius 3 is 2.67 bits per heavy atom. The number of rotatable bonds is 6. The van der Waals surface area contributed by atoms with E-state index in [1.807, 2.05) is 56.1 Å². The fourth-order valence-electron chi connectivity index (χ4n) is 3.14. The van der Waals surface area contributed by atoms with Gasteiger partial charge < -0.3 is 14.7 Å². The van der Waals surface area contributed by atoms with Gasteiger partial charge in [-0.1, -0.05) is 12.1 Å². The molecule has 0 saturated heterocycles. The lowest BCUT2D eigenvalue weighted by Crippen LogP contribution is -2.39. The Balaban J connectivity index is 1.92. The maximum Gasteiger partial charge on any atom is 0.246 e. The average Bonchev–Trinajstić information content (AvgIpc) is 2.59. The molecule has 1 saturated carbocycles. The van der Waals surface area contributed by atoms with Crippen LogP contribution in [0.3, 0.4) is 0 Å². The van der Waals surface area contributed by atoms with Crippen molar-refractivity contribution >= 4 is 12.0 Å². The van der Waals surface area contributed by atoms with Crippen LogP contribution in [-0.2, 0) is 4.79 Å². The SMILES string of the molecule is CC(C)Oc1cccc(/C=C/C(=O)N(C)C2CCC(CO)CC2)c1. The molecule has 24 heavy (non-hydrogen) atoms. The largest absolute Gasteiger partial charge is 0.491 e. The smallest absolute Gasteiger partial charge is 0.246 e. The summed E-state index contributed by atoms with van der Waals surface area (Å²) in [6.45, 7) is 4.25. The van der Waals surface area contributed by atoms with Gasteiger partial charge in [0.25, 0.3) is 0 Å². The zero-order valence-corrected chi connectivity index (χ0v) is 14.9. The first-order valence-electron chi connectivity index (χ1n) is 8.82. The number of benzene rings is 1.